The molecule has 1 aromatic heterocycles. The highest BCUT2D eigenvalue weighted by molar-refractivity contribution is 5.99. The third-order valence-electron chi connectivity index (χ3n) is 2.50. The molecular formula is C13H15NO2. The molecule has 0 unspecified atom stereocenters. The summed E-state index contributed by atoms with van der Waals surface area (Å²) in [5, 5.41) is 0.922. The minimum absolute atomic E-state index is 0.136. The van der Waals surface area contributed by atoms with E-state index in [9.17, 15) is 4.79 Å². The van der Waals surface area contributed by atoms with Gasteiger partial charge in [-0.3, -0.25) is 4.79 Å². The maximum absolute atomic E-state index is 11.0. The zero-order valence-corrected chi connectivity index (χ0v) is 9.70. The van der Waals surface area contributed by atoms with E-state index in [1.54, 1.807) is 0 Å². The van der Waals surface area contributed by atoms with Gasteiger partial charge in [-0.2, -0.15) is 0 Å². The highest BCUT2D eigenvalue weighted by Crippen LogP contribution is 2.25. The number of aromatic nitrogens is 1. The predicted molar refractivity (Wildman–Crippen MR) is 64.2 cm³/mol. The summed E-state index contributed by atoms with van der Waals surface area (Å²) in [7, 11) is 0. The Morgan fingerprint density at radius 3 is 2.75 bits per heavy atom. The second kappa shape index (κ2) is 4.00. The van der Waals surface area contributed by atoms with E-state index in [1.807, 2.05) is 39.0 Å². The maximum Gasteiger partial charge on any atom is 0.152 e. The molecule has 0 fully saturated rings. The van der Waals surface area contributed by atoms with Crippen LogP contribution in [0.1, 0.15) is 29.9 Å². The normalized spacial score (nSPS) is 11.0. The number of carbonyl (C=O) groups excluding carboxylic acids is 1. The number of hydrogen-bond donors (Lipinski definition) is 1. The topological polar surface area (TPSA) is 42.1 Å². The molecule has 2 aromatic rings. The van der Waals surface area contributed by atoms with Crippen molar-refractivity contribution in [3.63, 3.8) is 0 Å². The third-order valence-corrected chi connectivity index (χ3v) is 2.50. The number of hydrogen-bond acceptors (Lipinski definition) is 2. The summed E-state index contributed by atoms with van der Waals surface area (Å²) >= 11 is 0. The Hall–Kier alpha value is -1.77. The van der Waals surface area contributed by atoms with Crippen LogP contribution in [0.25, 0.3) is 10.9 Å². The number of H-pyrrole nitrogens is 1. The van der Waals surface area contributed by atoms with Crippen LogP contribution in [-0.4, -0.2) is 17.4 Å². The van der Waals surface area contributed by atoms with Gasteiger partial charge < -0.3 is 9.72 Å². The van der Waals surface area contributed by atoms with Crippen molar-refractivity contribution in [1.82, 2.24) is 4.98 Å². The van der Waals surface area contributed by atoms with Crippen LogP contribution < -0.4 is 4.74 Å². The number of aromatic amines is 1. The molecule has 0 atom stereocenters. The first-order chi connectivity index (χ1) is 7.61. The van der Waals surface area contributed by atoms with Crippen LogP contribution in [0.5, 0.6) is 5.75 Å². The zero-order chi connectivity index (χ0) is 11.7. The molecule has 2 rings (SSSR count). The van der Waals surface area contributed by atoms with Crippen LogP contribution in [0.3, 0.4) is 0 Å². The van der Waals surface area contributed by atoms with E-state index in [1.165, 1.54) is 0 Å². The first kappa shape index (κ1) is 10.7. The van der Waals surface area contributed by atoms with Gasteiger partial charge in [0.05, 0.1) is 6.10 Å². The maximum atomic E-state index is 11.0. The van der Waals surface area contributed by atoms with Gasteiger partial charge >= 0.3 is 0 Å². The van der Waals surface area contributed by atoms with E-state index in [0.717, 1.165) is 28.6 Å². The van der Waals surface area contributed by atoms with Crippen LogP contribution in [-0.2, 0) is 0 Å². The summed E-state index contributed by atoms with van der Waals surface area (Å²) in [5.41, 5.74) is 2.58. The fraction of sp³-hybridized carbons (Fsp3) is 0.308. The molecule has 3 nitrogen and oxygen atoms in total. The standard InChI is InChI=1S/C13H15NO2/c1-8(2)16-10-4-5-13-11(6-10)12(7-15)9(3)14-13/h4-8,14H,1-3H3. The summed E-state index contributed by atoms with van der Waals surface area (Å²) in [5.74, 6) is 0.796. The predicted octanol–water partition coefficient (Wildman–Crippen LogP) is 3.08. The van der Waals surface area contributed by atoms with E-state index in [-0.39, 0.29) is 6.10 Å². The van der Waals surface area contributed by atoms with Gasteiger partial charge in [0, 0.05) is 22.2 Å². The Kier molecular flexibility index (Phi) is 2.69. The lowest BCUT2D eigenvalue weighted by Gasteiger charge is -2.09. The number of aryl methyl sites for hydroxylation is 1. The number of aldehydes is 1. The minimum atomic E-state index is 0.136. The fourth-order valence-corrected chi connectivity index (χ4v) is 1.82. The van der Waals surface area contributed by atoms with Crippen molar-refractivity contribution < 1.29 is 9.53 Å². The first-order valence-electron chi connectivity index (χ1n) is 5.36. The van der Waals surface area contributed by atoms with E-state index in [2.05, 4.69) is 4.98 Å². The number of carbonyl (C=O) groups is 1. The molecular weight excluding hydrogens is 202 g/mol. The van der Waals surface area contributed by atoms with E-state index in [0.29, 0.717) is 5.56 Å². The second-order valence-corrected chi connectivity index (χ2v) is 4.16. The molecule has 0 saturated carbocycles. The monoisotopic (exact) mass is 217 g/mol. The number of benzene rings is 1. The van der Waals surface area contributed by atoms with Crippen LogP contribution in [0.15, 0.2) is 18.2 Å². The molecule has 0 aliphatic rings. The Labute approximate surface area is 94.4 Å². The molecule has 3 heteroatoms. The third kappa shape index (κ3) is 1.81. The Morgan fingerprint density at radius 1 is 1.38 bits per heavy atom. The molecule has 0 aliphatic heterocycles. The van der Waals surface area contributed by atoms with Crippen molar-refractivity contribution >= 4 is 17.2 Å². The Morgan fingerprint density at radius 2 is 2.12 bits per heavy atom. The quantitative estimate of drug-likeness (QED) is 0.803. The average molecular weight is 217 g/mol. The van der Waals surface area contributed by atoms with Crippen molar-refractivity contribution in [2.75, 3.05) is 0 Å². The van der Waals surface area contributed by atoms with Crippen molar-refractivity contribution in [2.24, 2.45) is 0 Å². The summed E-state index contributed by atoms with van der Waals surface area (Å²) in [4.78, 5) is 14.1. The Bertz CT molecular complexity index is 526. The van der Waals surface area contributed by atoms with E-state index < -0.39 is 0 Å². The smallest absolute Gasteiger partial charge is 0.152 e. The molecule has 1 aromatic carbocycles. The van der Waals surface area contributed by atoms with Crippen molar-refractivity contribution in [1.29, 1.82) is 0 Å². The molecule has 0 bridgehead atoms. The number of rotatable bonds is 3. The summed E-state index contributed by atoms with van der Waals surface area (Å²) in [6, 6.07) is 5.75. The minimum Gasteiger partial charge on any atom is -0.491 e. The van der Waals surface area contributed by atoms with Gasteiger partial charge in [0.15, 0.2) is 6.29 Å². The molecule has 1 heterocycles. The summed E-state index contributed by atoms with van der Waals surface area (Å²) < 4.78 is 5.60. The number of nitrogens with one attached hydrogen (secondary N) is 1. The van der Waals surface area contributed by atoms with Gasteiger partial charge in [-0.1, -0.05) is 0 Å². The molecule has 16 heavy (non-hydrogen) atoms. The van der Waals surface area contributed by atoms with Gasteiger partial charge in [0.2, 0.25) is 0 Å². The number of fused-ring (bicyclic) bond motifs is 1. The molecule has 0 amide bonds. The van der Waals surface area contributed by atoms with Gasteiger partial charge in [-0.05, 0) is 39.0 Å². The lowest BCUT2D eigenvalue weighted by molar-refractivity contribution is 0.112. The molecule has 0 aliphatic carbocycles. The van der Waals surface area contributed by atoms with Crippen LogP contribution >= 0.6 is 0 Å². The molecule has 0 spiro atoms. The highest BCUT2D eigenvalue weighted by Gasteiger charge is 2.08. The zero-order valence-electron chi connectivity index (χ0n) is 9.70. The van der Waals surface area contributed by atoms with Crippen LogP contribution in [0.4, 0.5) is 0 Å². The largest absolute Gasteiger partial charge is 0.491 e. The number of ether oxygens (including phenoxy) is 1. The van der Waals surface area contributed by atoms with Gasteiger partial charge in [0.25, 0.3) is 0 Å². The van der Waals surface area contributed by atoms with Crippen LogP contribution in [0.2, 0.25) is 0 Å². The first-order valence-corrected chi connectivity index (χ1v) is 5.36. The lowest BCUT2D eigenvalue weighted by Crippen LogP contribution is -2.05. The molecule has 0 saturated heterocycles. The molecule has 1 N–H and O–H groups in total. The van der Waals surface area contributed by atoms with E-state index >= 15 is 0 Å². The van der Waals surface area contributed by atoms with Gasteiger partial charge in [-0.15, -0.1) is 0 Å². The van der Waals surface area contributed by atoms with E-state index in [4.69, 9.17) is 4.74 Å². The van der Waals surface area contributed by atoms with Crippen LogP contribution in [0, 0.1) is 6.92 Å². The van der Waals surface area contributed by atoms with Gasteiger partial charge in [-0.25, -0.2) is 0 Å². The van der Waals surface area contributed by atoms with Crippen molar-refractivity contribution in [3.8, 4) is 5.75 Å². The Balaban J connectivity index is 2.55. The average Bonchev–Trinajstić information content (AvgIpc) is 2.52. The van der Waals surface area contributed by atoms with Crippen molar-refractivity contribution in [2.45, 2.75) is 26.9 Å². The van der Waals surface area contributed by atoms with Crippen molar-refractivity contribution in [3.05, 3.63) is 29.5 Å². The second-order valence-electron chi connectivity index (χ2n) is 4.16. The molecule has 0 radical (unpaired) electrons. The summed E-state index contributed by atoms with van der Waals surface area (Å²) in [6.45, 7) is 5.85. The summed E-state index contributed by atoms with van der Waals surface area (Å²) in [6.07, 6.45) is 1.02. The SMILES string of the molecule is Cc1[nH]c2ccc(OC(C)C)cc2c1C=O. The van der Waals surface area contributed by atoms with Gasteiger partial charge in [0.1, 0.15) is 5.75 Å². The fourth-order valence-electron chi connectivity index (χ4n) is 1.82. The highest BCUT2D eigenvalue weighted by atomic mass is 16.5. The molecule has 84 valence electrons. The lowest BCUT2D eigenvalue weighted by atomic mass is 10.1.